The number of carboxylic acids is 1. The van der Waals surface area contributed by atoms with Crippen molar-refractivity contribution in [2.75, 3.05) is 5.32 Å². The van der Waals surface area contributed by atoms with Crippen LogP contribution in [0.15, 0.2) is 17.0 Å². The van der Waals surface area contributed by atoms with Crippen LogP contribution in [-0.4, -0.2) is 27.0 Å². The smallest absolute Gasteiger partial charge is 0.303 e. The van der Waals surface area contributed by atoms with Crippen LogP contribution >= 0.6 is 15.9 Å². The average molecular weight is 288 g/mol. The predicted octanol–water partition coefficient (Wildman–Crippen LogP) is 1.43. The van der Waals surface area contributed by atoms with E-state index in [2.05, 4.69) is 31.2 Å². The number of aliphatic carboxylic acids is 1. The molecule has 1 aromatic heterocycles. The second-order valence-corrected chi connectivity index (χ2v) is 3.83. The van der Waals surface area contributed by atoms with Gasteiger partial charge in [-0.05, 0) is 22.4 Å². The second-order valence-electron chi connectivity index (χ2n) is 3.02. The Morgan fingerprint density at radius 3 is 2.62 bits per heavy atom. The van der Waals surface area contributed by atoms with Gasteiger partial charge in [-0.15, -0.1) is 0 Å². The molecule has 1 aromatic rings. The molecular formula is C9H10BrN3O3. The zero-order valence-electron chi connectivity index (χ0n) is 8.31. The van der Waals surface area contributed by atoms with Crippen molar-refractivity contribution >= 4 is 33.6 Å². The summed E-state index contributed by atoms with van der Waals surface area (Å²) in [6.07, 6.45) is 3.33. The summed E-state index contributed by atoms with van der Waals surface area (Å²) < 4.78 is 0.580. The number of aromatic nitrogens is 2. The molecule has 0 aliphatic heterocycles. The van der Waals surface area contributed by atoms with Gasteiger partial charge in [0.05, 0.1) is 12.4 Å². The number of nitrogens with one attached hydrogen (secondary N) is 1. The molecule has 0 aliphatic carbocycles. The Bertz CT molecular complexity index is 380. The maximum Gasteiger partial charge on any atom is 0.303 e. The zero-order valence-corrected chi connectivity index (χ0v) is 9.90. The summed E-state index contributed by atoms with van der Waals surface area (Å²) >= 11 is 3.12. The third-order valence-corrected chi connectivity index (χ3v) is 2.09. The van der Waals surface area contributed by atoms with E-state index in [1.54, 1.807) is 0 Å². The van der Waals surface area contributed by atoms with Gasteiger partial charge < -0.3 is 10.4 Å². The summed E-state index contributed by atoms with van der Waals surface area (Å²) in [4.78, 5) is 29.3. The Morgan fingerprint density at radius 1 is 1.31 bits per heavy atom. The molecule has 0 bridgehead atoms. The van der Waals surface area contributed by atoms with Crippen LogP contribution in [-0.2, 0) is 9.59 Å². The molecule has 1 heterocycles. The number of carboxylic acid groups (broad SMARTS) is 1. The summed E-state index contributed by atoms with van der Waals surface area (Å²) in [5.41, 5.74) is 0. The number of hydrogen-bond donors (Lipinski definition) is 2. The summed E-state index contributed by atoms with van der Waals surface area (Å²) in [6.45, 7) is 0. The first kappa shape index (κ1) is 12.6. The van der Waals surface area contributed by atoms with Gasteiger partial charge in [-0.1, -0.05) is 0 Å². The molecule has 0 aromatic carbocycles. The molecule has 1 rings (SSSR count). The summed E-state index contributed by atoms with van der Waals surface area (Å²) in [7, 11) is 0. The minimum Gasteiger partial charge on any atom is -0.481 e. The van der Waals surface area contributed by atoms with Gasteiger partial charge in [-0.3, -0.25) is 9.59 Å². The zero-order chi connectivity index (χ0) is 12.0. The van der Waals surface area contributed by atoms with Crippen molar-refractivity contribution in [1.82, 2.24) is 9.97 Å². The van der Waals surface area contributed by atoms with Gasteiger partial charge in [0.2, 0.25) is 5.91 Å². The molecule has 86 valence electrons. The Morgan fingerprint density at radius 2 is 2.06 bits per heavy atom. The van der Waals surface area contributed by atoms with E-state index >= 15 is 0 Å². The molecule has 0 saturated carbocycles. The lowest BCUT2D eigenvalue weighted by Gasteiger charge is -2.02. The maximum absolute atomic E-state index is 11.3. The van der Waals surface area contributed by atoms with E-state index in [4.69, 9.17) is 5.11 Å². The lowest BCUT2D eigenvalue weighted by molar-refractivity contribution is -0.137. The molecule has 0 radical (unpaired) electrons. The first-order valence-corrected chi connectivity index (χ1v) is 5.36. The van der Waals surface area contributed by atoms with E-state index in [0.29, 0.717) is 16.8 Å². The highest BCUT2D eigenvalue weighted by Crippen LogP contribution is 2.07. The van der Waals surface area contributed by atoms with Crippen molar-refractivity contribution in [3.05, 3.63) is 17.0 Å². The van der Waals surface area contributed by atoms with E-state index in [1.807, 2.05) is 0 Å². The van der Waals surface area contributed by atoms with Crippen LogP contribution in [0.3, 0.4) is 0 Å². The van der Waals surface area contributed by atoms with Crippen molar-refractivity contribution in [1.29, 1.82) is 0 Å². The van der Waals surface area contributed by atoms with E-state index in [1.165, 1.54) is 12.4 Å². The predicted molar refractivity (Wildman–Crippen MR) is 59.8 cm³/mol. The molecular weight excluding hydrogens is 278 g/mol. The average Bonchev–Trinajstić information content (AvgIpc) is 2.21. The van der Waals surface area contributed by atoms with E-state index in [9.17, 15) is 9.59 Å². The van der Waals surface area contributed by atoms with Gasteiger partial charge in [-0.2, -0.15) is 0 Å². The van der Waals surface area contributed by atoms with E-state index < -0.39 is 5.97 Å². The number of rotatable bonds is 5. The number of hydrogen-bond acceptors (Lipinski definition) is 4. The van der Waals surface area contributed by atoms with Crippen LogP contribution < -0.4 is 5.32 Å². The Hall–Kier alpha value is -1.50. The number of carbonyl (C=O) groups is 2. The van der Waals surface area contributed by atoms with Crippen molar-refractivity contribution in [2.45, 2.75) is 19.3 Å². The van der Waals surface area contributed by atoms with Gasteiger partial charge >= 0.3 is 5.97 Å². The molecule has 16 heavy (non-hydrogen) atoms. The largest absolute Gasteiger partial charge is 0.481 e. The molecule has 0 fully saturated rings. The minimum absolute atomic E-state index is 0.0144. The number of anilines is 1. The maximum atomic E-state index is 11.3. The van der Waals surface area contributed by atoms with Crippen molar-refractivity contribution < 1.29 is 14.7 Å². The van der Waals surface area contributed by atoms with Gasteiger partial charge in [0.25, 0.3) is 0 Å². The van der Waals surface area contributed by atoms with Gasteiger partial charge in [-0.25, -0.2) is 9.97 Å². The quantitative estimate of drug-likeness (QED) is 0.855. The third kappa shape index (κ3) is 4.83. The Kier molecular flexibility index (Phi) is 4.84. The highest BCUT2D eigenvalue weighted by atomic mass is 79.9. The van der Waals surface area contributed by atoms with Crippen molar-refractivity contribution in [3.63, 3.8) is 0 Å². The fourth-order valence-corrected chi connectivity index (χ4v) is 1.19. The number of amides is 1. The van der Waals surface area contributed by atoms with Crippen LogP contribution in [0.5, 0.6) is 0 Å². The van der Waals surface area contributed by atoms with Crippen molar-refractivity contribution in [2.24, 2.45) is 0 Å². The van der Waals surface area contributed by atoms with E-state index in [0.717, 1.165) is 0 Å². The van der Waals surface area contributed by atoms with Crippen LogP contribution in [0.1, 0.15) is 19.3 Å². The summed E-state index contributed by atoms with van der Waals surface area (Å²) in [6, 6.07) is 0. The molecule has 0 aliphatic rings. The fourth-order valence-electron chi connectivity index (χ4n) is 0.982. The summed E-state index contributed by atoms with van der Waals surface area (Å²) in [5, 5.41) is 10.9. The molecule has 0 atom stereocenters. The fraction of sp³-hybridized carbons (Fsp3) is 0.333. The van der Waals surface area contributed by atoms with Crippen LogP contribution in [0.2, 0.25) is 0 Å². The van der Waals surface area contributed by atoms with Crippen molar-refractivity contribution in [3.8, 4) is 0 Å². The minimum atomic E-state index is -0.906. The number of carbonyl (C=O) groups excluding carboxylic acids is 1. The van der Waals surface area contributed by atoms with E-state index in [-0.39, 0.29) is 18.7 Å². The number of nitrogens with zero attached hydrogens (tertiary/aromatic N) is 2. The van der Waals surface area contributed by atoms with Gasteiger partial charge in [0, 0.05) is 12.8 Å². The topological polar surface area (TPSA) is 92.2 Å². The second kappa shape index (κ2) is 6.16. The lowest BCUT2D eigenvalue weighted by atomic mass is 10.2. The standard InChI is InChI=1S/C9H10BrN3O3/c10-6-4-12-7(5-11-6)13-8(14)2-1-3-9(15)16/h4-5H,1-3H2,(H,15,16)(H,12,13,14). The highest BCUT2D eigenvalue weighted by Gasteiger charge is 2.05. The Labute approximate surface area is 100 Å². The summed E-state index contributed by atoms with van der Waals surface area (Å²) in [5.74, 6) is -0.822. The Balaban J connectivity index is 2.34. The monoisotopic (exact) mass is 287 g/mol. The molecule has 0 spiro atoms. The first-order chi connectivity index (χ1) is 7.58. The molecule has 0 saturated heterocycles. The van der Waals surface area contributed by atoms with Gasteiger partial charge in [0.1, 0.15) is 4.60 Å². The highest BCUT2D eigenvalue weighted by molar-refractivity contribution is 9.10. The van der Waals surface area contributed by atoms with Crippen LogP contribution in [0, 0.1) is 0 Å². The van der Waals surface area contributed by atoms with Gasteiger partial charge in [0.15, 0.2) is 5.82 Å². The SMILES string of the molecule is O=C(O)CCCC(=O)Nc1cnc(Br)cn1. The molecule has 2 N–H and O–H groups in total. The molecule has 0 unspecified atom stereocenters. The lowest BCUT2D eigenvalue weighted by Crippen LogP contribution is -2.13. The molecule has 7 heteroatoms. The number of halogens is 1. The van der Waals surface area contributed by atoms with Crippen LogP contribution in [0.25, 0.3) is 0 Å². The third-order valence-electron chi connectivity index (χ3n) is 1.68. The molecule has 1 amide bonds. The molecule has 6 nitrogen and oxygen atoms in total. The van der Waals surface area contributed by atoms with Crippen LogP contribution in [0.4, 0.5) is 5.82 Å². The first-order valence-electron chi connectivity index (χ1n) is 4.57. The normalized spacial score (nSPS) is 9.81.